The summed E-state index contributed by atoms with van der Waals surface area (Å²) in [5.41, 5.74) is 23.6. The Kier molecular flexibility index (Phi) is 8.58. The largest absolute Gasteiger partial charge is 0.310 e. The van der Waals surface area contributed by atoms with Crippen LogP contribution in [-0.4, -0.2) is 0 Å². The van der Waals surface area contributed by atoms with Crippen LogP contribution in [0.1, 0.15) is 49.9 Å². The van der Waals surface area contributed by atoms with Crippen LogP contribution in [0.3, 0.4) is 0 Å². The van der Waals surface area contributed by atoms with Crippen molar-refractivity contribution in [1.82, 2.24) is 0 Å². The van der Waals surface area contributed by atoms with Gasteiger partial charge in [-0.05, 0) is 131 Å². The van der Waals surface area contributed by atoms with Crippen molar-refractivity contribution in [3.8, 4) is 66.8 Å². The first-order chi connectivity index (χ1) is 29.8. The number of benzene rings is 9. The van der Waals surface area contributed by atoms with Crippen molar-refractivity contribution >= 4 is 17.1 Å². The van der Waals surface area contributed by atoms with E-state index in [0.717, 1.165) is 17.1 Å². The molecule has 0 radical (unpaired) electrons. The topological polar surface area (TPSA) is 3.24 Å². The average Bonchev–Trinajstić information content (AvgIpc) is 3.68. The zero-order chi connectivity index (χ0) is 41.3. The van der Waals surface area contributed by atoms with Crippen LogP contribution in [0.2, 0.25) is 0 Å². The van der Waals surface area contributed by atoms with Gasteiger partial charge in [0.05, 0.1) is 0 Å². The maximum atomic E-state index is 2.48. The summed E-state index contributed by atoms with van der Waals surface area (Å²) in [4.78, 5) is 2.48. The van der Waals surface area contributed by atoms with Crippen molar-refractivity contribution < 1.29 is 0 Å². The molecule has 0 aromatic heterocycles. The molecule has 2 aliphatic rings. The van der Waals surface area contributed by atoms with Crippen LogP contribution >= 0.6 is 0 Å². The number of anilines is 3. The van der Waals surface area contributed by atoms with Crippen LogP contribution in [0.5, 0.6) is 0 Å². The fourth-order valence-corrected chi connectivity index (χ4v) is 10.2. The summed E-state index contributed by atoms with van der Waals surface area (Å²) in [5.74, 6) is 0. The van der Waals surface area contributed by atoms with Gasteiger partial charge < -0.3 is 4.90 Å². The predicted octanol–water partition coefficient (Wildman–Crippen LogP) is 16.4. The van der Waals surface area contributed by atoms with Crippen LogP contribution in [0.15, 0.2) is 212 Å². The number of hydrogen-bond acceptors (Lipinski definition) is 1. The molecule has 2 aliphatic carbocycles. The summed E-state index contributed by atoms with van der Waals surface area (Å²) < 4.78 is 0. The summed E-state index contributed by atoms with van der Waals surface area (Å²) in [5, 5.41) is 0. The summed E-state index contributed by atoms with van der Waals surface area (Å²) in [6, 6.07) is 78.6. The fourth-order valence-electron chi connectivity index (χ4n) is 10.2. The Morgan fingerprint density at radius 2 is 0.656 bits per heavy atom. The van der Waals surface area contributed by atoms with E-state index in [0.29, 0.717) is 0 Å². The van der Waals surface area contributed by atoms with Crippen molar-refractivity contribution in [2.24, 2.45) is 0 Å². The van der Waals surface area contributed by atoms with E-state index in [2.05, 4.69) is 245 Å². The third-order valence-electron chi connectivity index (χ3n) is 13.5. The molecule has 0 spiro atoms. The lowest BCUT2D eigenvalue weighted by Gasteiger charge is -2.30. The van der Waals surface area contributed by atoms with Crippen LogP contribution in [0.25, 0.3) is 66.8 Å². The Morgan fingerprint density at radius 3 is 1.23 bits per heavy atom. The maximum Gasteiger partial charge on any atom is 0.0467 e. The Morgan fingerprint density at radius 1 is 0.246 bits per heavy atom. The summed E-state index contributed by atoms with van der Waals surface area (Å²) in [6.07, 6.45) is 0. The standard InChI is InChI=1S/C60H47N/c1-59(2)55-24-13-11-22-50(55)52-34-31-47(38-57(52)59)61(48-32-35-53-51-23-12-14-25-56(51)60(3,4)58(53)39-48)46-21-15-20-45(36-46)54-37-44(41-18-9-6-10-19-41)30-33-49(54)43-28-26-42(27-29-43)40-16-7-5-8-17-40/h5-39H,1-4H3. The van der Waals surface area contributed by atoms with E-state index in [-0.39, 0.29) is 10.8 Å². The minimum atomic E-state index is -0.125. The highest BCUT2D eigenvalue weighted by atomic mass is 15.1. The van der Waals surface area contributed by atoms with E-state index < -0.39 is 0 Å². The highest BCUT2D eigenvalue weighted by molar-refractivity contribution is 5.92. The lowest BCUT2D eigenvalue weighted by atomic mass is 9.82. The second-order valence-electron chi connectivity index (χ2n) is 17.8. The van der Waals surface area contributed by atoms with E-state index in [1.54, 1.807) is 0 Å². The molecular formula is C60H47N. The zero-order valence-electron chi connectivity index (χ0n) is 35.2. The molecule has 9 aromatic rings. The first-order valence-corrected chi connectivity index (χ1v) is 21.5. The number of hydrogen-bond donors (Lipinski definition) is 0. The van der Waals surface area contributed by atoms with E-state index in [9.17, 15) is 0 Å². The van der Waals surface area contributed by atoms with Crippen molar-refractivity contribution in [2.45, 2.75) is 38.5 Å². The SMILES string of the molecule is CC1(C)c2ccccc2-c2ccc(N(c3cccc(-c4cc(-c5ccccc5)ccc4-c4ccc(-c5ccccc5)cc4)c3)c3ccc4c(c3)C(C)(C)c3ccccc3-4)cc21. The molecule has 0 amide bonds. The molecule has 0 heterocycles. The molecule has 1 nitrogen and oxygen atoms in total. The van der Waals surface area contributed by atoms with Crippen LogP contribution in [0.4, 0.5) is 17.1 Å². The van der Waals surface area contributed by atoms with Gasteiger partial charge in [-0.15, -0.1) is 0 Å². The number of nitrogens with zero attached hydrogens (tertiary/aromatic N) is 1. The van der Waals surface area contributed by atoms with Gasteiger partial charge >= 0.3 is 0 Å². The Hall–Kier alpha value is -7.22. The monoisotopic (exact) mass is 781 g/mol. The predicted molar refractivity (Wildman–Crippen MR) is 258 cm³/mol. The van der Waals surface area contributed by atoms with Crippen molar-refractivity contribution in [2.75, 3.05) is 4.90 Å². The van der Waals surface area contributed by atoms with Crippen molar-refractivity contribution in [3.05, 3.63) is 235 Å². The molecule has 0 atom stereocenters. The first-order valence-electron chi connectivity index (χ1n) is 21.5. The molecule has 0 saturated carbocycles. The van der Waals surface area contributed by atoms with Crippen LogP contribution in [-0.2, 0) is 10.8 Å². The molecule has 292 valence electrons. The van der Waals surface area contributed by atoms with Gasteiger partial charge in [-0.3, -0.25) is 0 Å². The third kappa shape index (κ3) is 6.07. The molecule has 1 heteroatoms. The van der Waals surface area contributed by atoms with E-state index in [4.69, 9.17) is 0 Å². The smallest absolute Gasteiger partial charge is 0.0467 e. The fraction of sp³-hybridized carbons (Fsp3) is 0.100. The van der Waals surface area contributed by atoms with Gasteiger partial charge in [0.2, 0.25) is 0 Å². The van der Waals surface area contributed by atoms with E-state index in [1.165, 1.54) is 89.0 Å². The molecule has 11 rings (SSSR count). The van der Waals surface area contributed by atoms with E-state index in [1.807, 2.05) is 0 Å². The number of rotatable bonds is 7. The molecule has 0 saturated heterocycles. The maximum absolute atomic E-state index is 2.48. The minimum absolute atomic E-state index is 0.125. The zero-order valence-corrected chi connectivity index (χ0v) is 35.2. The molecule has 0 unspecified atom stereocenters. The van der Waals surface area contributed by atoms with Gasteiger partial charge in [0.25, 0.3) is 0 Å². The minimum Gasteiger partial charge on any atom is -0.310 e. The van der Waals surface area contributed by atoms with Gasteiger partial charge in [0.1, 0.15) is 0 Å². The normalized spacial score (nSPS) is 13.8. The summed E-state index contributed by atoms with van der Waals surface area (Å²) >= 11 is 0. The molecule has 0 aliphatic heterocycles. The average molecular weight is 782 g/mol. The summed E-state index contributed by atoms with van der Waals surface area (Å²) in [7, 11) is 0. The molecule has 61 heavy (non-hydrogen) atoms. The van der Waals surface area contributed by atoms with Gasteiger partial charge in [-0.1, -0.05) is 198 Å². The second-order valence-corrected chi connectivity index (χ2v) is 17.8. The highest BCUT2D eigenvalue weighted by Gasteiger charge is 2.37. The van der Waals surface area contributed by atoms with Crippen LogP contribution in [0, 0.1) is 0 Å². The number of fused-ring (bicyclic) bond motifs is 6. The van der Waals surface area contributed by atoms with Crippen molar-refractivity contribution in [3.63, 3.8) is 0 Å². The first kappa shape index (κ1) is 36.8. The Balaban J connectivity index is 1.09. The Bertz CT molecular complexity index is 3010. The van der Waals surface area contributed by atoms with Gasteiger partial charge in [0, 0.05) is 27.9 Å². The van der Waals surface area contributed by atoms with Crippen molar-refractivity contribution in [1.29, 1.82) is 0 Å². The molecule has 9 aromatic carbocycles. The summed E-state index contributed by atoms with van der Waals surface area (Å²) in [6.45, 7) is 9.48. The van der Waals surface area contributed by atoms with Crippen LogP contribution < -0.4 is 4.90 Å². The van der Waals surface area contributed by atoms with E-state index >= 15 is 0 Å². The highest BCUT2D eigenvalue weighted by Crippen LogP contribution is 2.53. The second kappa shape index (κ2) is 14.2. The van der Waals surface area contributed by atoms with Gasteiger partial charge in [-0.2, -0.15) is 0 Å². The lowest BCUT2D eigenvalue weighted by Crippen LogP contribution is -2.18. The third-order valence-corrected chi connectivity index (χ3v) is 13.5. The molecular weight excluding hydrogens is 735 g/mol. The molecule has 0 N–H and O–H groups in total. The quantitative estimate of drug-likeness (QED) is 0.156. The van der Waals surface area contributed by atoms with Gasteiger partial charge in [-0.25, -0.2) is 0 Å². The lowest BCUT2D eigenvalue weighted by molar-refractivity contribution is 0.660. The van der Waals surface area contributed by atoms with Gasteiger partial charge in [0.15, 0.2) is 0 Å². The Labute approximate surface area is 360 Å². The molecule has 0 bridgehead atoms. The molecule has 0 fully saturated rings.